The first-order valence-electron chi connectivity index (χ1n) is 8.70. The summed E-state index contributed by atoms with van der Waals surface area (Å²) in [6, 6.07) is 5.57. The monoisotopic (exact) mass is 318 g/mol. The summed E-state index contributed by atoms with van der Waals surface area (Å²) < 4.78 is 5.16. The molecule has 0 radical (unpaired) electrons. The molecule has 23 heavy (non-hydrogen) atoms. The van der Waals surface area contributed by atoms with Crippen molar-refractivity contribution in [2.75, 3.05) is 26.7 Å². The summed E-state index contributed by atoms with van der Waals surface area (Å²) in [7, 11) is 1.49. The number of nitro groups is 1. The largest absolute Gasteiger partial charge is 0.490 e. The minimum absolute atomic E-state index is 0.0777. The standard InChI is InChI=1S/C18H26N2O3/c1-23-17-8-7-15(13-16(17)20(21)22)18(9-3-4-10-18)14-19-11-5-2-6-12-19/h7-8,13H,2-6,9-12,14H2,1H3. The predicted molar refractivity (Wildman–Crippen MR) is 90.1 cm³/mol. The predicted octanol–water partition coefficient (Wildman–Crippen LogP) is 3.90. The van der Waals surface area contributed by atoms with Crippen molar-refractivity contribution in [3.8, 4) is 5.75 Å². The van der Waals surface area contributed by atoms with Crippen LogP contribution in [0.5, 0.6) is 5.75 Å². The van der Waals surface area contributed by atoms with Crippen LogP contribution in [0.1, 0.15) is 50.5 Å². The molecule has 126 valence electrons. The molecule has 2 aliphatic rings. The van der Waals surface area contributed by atoms with E-state index < -0.39 is 0 Å². The number of methoxy groups -OCH3 is 1. The third-order valence-electron chi connectivity index (χ3n) is 5.52. The first-order chi connectivity index (χ1) is 11.1. The van der Waals surface area contributed by atoms with Gasteiger partial charge in [-0.25, -0.2) is 0 Å². The van der Waals surface area contributed by atoms with Gasteiger partial charge in [-0.2, -0.15) is 0 Å². The molecule has 0 atom stereocenters. The average Bonchev–Trinajstić information content (AvgIpc) is 3.04. The first kappa shape index (κ1) is 16.2. The maximum atomic E-state index is 11.4. The third-order valence-corrected chi connectivity index (χ3v) is 5.52. The van der Waals surface area contributed by atoms with Crippen molar-refractivity contribution in [3.63, 3.8) is 0 Å². The van der Waals surface area contributed by atoms with E-state index in [0.717, 1.165) is 24.9 Å². The van der Waals surface area contributed by atoms with E-state index in [2.05, 4.69) is 4.90 Å². The Balaban J connectivity index is 1.91. The Bertz CT molecular complexity index is 561. The molecule has 3 rings (SSSR count). The molecule has 1 aliphatic carbocycles. The zero-order valence-electron chi connectivity index (χ0n) is 13.9. The van der Waals surface area contributed by atoms with Crippen LogP contribution in [0.25, 0.3) is 0 Å². The molecular formula is C18H26N2O3. The normalized spacial score (nSPS) is 21.3. The van der Waals surface area contributed by atoms with E-state index in [9.17, 15) is 10.1 Å². The summed E-state index contributed by atoms with van der Waals surface area (Å²) in [5.74, 6) is 0.352. The lowest BCUT2D eigenvalue weighted by molar-refractivity contribution is -0.385. The molecule has 0 aromatic heterocycles. The van der Waals surface area contributed by atoms with Crippen LogP contribution >= 0.6 is 0 Å². The number of nitrogens with zero attached hydrogens (tertiary/aromatic N) is 2. The van der Waals surface area contributed by atoms with Gasteiger partial charge in [0.25, 0.3) is 0 Å². The van der Waals surface area contributed by atoms with Gasteiger partial charge in [0.1, 0.15) is 0 Å². The van der Waals surface area contributed by atoms with E-state index in [4.69, 9.17) is 4.74 Å². The second kappa shape index (κ2) is 6.87. The second-order valence-corrected chi connectivity index (χ2v) is 6.97. The lowest BCUT2D eigenvalue weighted by Gasteiger charge is -2.37. The minimum Gasteiger partial charge on any atom is -0.490 e. The number of ether oxygens (including phenoxy) is 1. The Hall–Kier alpha value is -1.62. The Morgan fingerprint density at radius 3 is 2.48 bits per heavy atom. The molecular weight excluding hydrogens is 292 g/mol. The fourth-order valence-corrected chi connectivity index (χ4v) is 4.30. The summed E-state index contributed by atoms with van der Waals surface area (Å²) >= 11 is 0. The van der Waals surface area contributed by atoms with E-state index in [1.807, 2.05) is 6.07 Å². The highest BCUT2D eigenvalue weighted by Crippen LogP contribution is 2.44. The summed E-state index contributed by atoms with van der Waals surface area (Å²) in [4.78, 5) is 13.6. The van der Waals surface area contributed by atoms with Gasteiger partial charge in [0.05, 0.1) is 12.0 Å². The van der Waals surface area contributed by atoms with Crippen molar-refractivity contribution in [3.05, 3.63) is 33.9 Å². The van der Waals surface area contributed by atoms with Crippen LogP contribution in [-0.2, 0) is 5.41 Å². The third kappa shape index (κ3) is 3.34. The van der Waals surface area contributed by atoms with Crippen molar-refractivity contribution in [2.45, 2.75) is 50.4 Å². The maximum Gasteiger partial charge on any atom is 0.311 e. The van der Waals surface area contributed by atoms with Gasteiger partial charge in [0, 0.05) is 18.0 Å². The summed E-state index contributed by atoms with van der Waals surface area (Å²) in [5.41, 5.74) is 1.29. The van der Waals surface area contributed by atoms with E-state index >= 15 is 0 Å². The van der Waals surface area contributed by atoms with Crippen LogP contribution in [-0.4, -0.2) is 36.6 Å². The van der Waals surface area contributed by atoms with Crippen molar-refractivity contribution in [1.82, 2.24) is 4.90 Å². The van der Waals surface area contributed by atoms with E-state index in [1.54, 1.807) is 12.1 Å². The minimum atomic E-state index is -0.328. The van der Waals surface area contributed by atoms with Gasteiger partial charge in [-0.05, 0) is 50.4 Å². The van der Waals surface area contributed by atoms with Crippen molar-refractivity contribution >= 4 is 5.69 Å². The fraction of sp³-hybridized carbons (Fsp3) is 0.667. The van der Waals surface area contributed by atoms with Crippen LogP contribution in [0.2, 0.25) is 0 Å². The highest BCUT2D eigenvalue weighted by Gasteiger charge is 2.38. The molecule has 1 saturated carbocycles. The number of benzene rings is 1. The molecule has 0 spiro atoms. The Labute approximate surface area is 137 Å². The van der Waals surface area contributed by atoms with Gasteiger partial charge in [-0.15, -0.1) is 0 Å². The van der Waals surface area contributed by atoms with Crippen LogP contribution in [0.15, 0.2) is 18.2 Å². The molecule has 0 bridgehead atoms. The number of piperidine rings is 1. The molecule has 1 aromatic rings. The first-order valence-corrected chi connectivity index (χ1v) is 8.70. The van der Waals surface area contributed by atoms with Crippen LogP contribution in [0.4, 0.5) is 5.69 Å². The summed E-state index contributed by atoms with van der Waals surface area (Å²) in [6.45, 7) is 3.37. The fourth-order valence-electron chi connectivity index (χ4n) is 4.30. The van der Waals surface area contributed by atoms with Crippen LogP contribution < -0.4 is 4.74 Å². The van der Waals surface area contributed by atoms with E-state index in [0.29, 0.717) is 5.75 Å². The van der Waals surface area contributed by atoms with Gasteiger partial charge in [0.15, 0.2) is 5.75 Å². The topological polar surface area (TPSA) is 55.6 Å². The lowest BCUT2D eigenvalue weighted by atomic mass is 9.77. The van der Waals surface area contributed by atoms with Gasteiger partial charge in [0.2, 0.25) is 0 Å². The van der Waals surface area contributed by atoms with Crippen molar-refractivity contribution < 1.29 is 9.66 Å². The molecule has 1 aliphatic heterocycles. The number of rotatable bonds is 5. The molecule has 0 amide bonds. The van der Waals surface area contributed by atoms with Gasteiger partial charge < -0.3 is 9.64 Å². The van der Waals surface area contributed by atoms with Crippen molar-refractivity contribution in [2.24, 2.45) is 0 Å². The van der Waals surface area contributed by atoms with Crippen LogP contribution in [0, 0.1) is 10.1 Å². The average molecular weight is 318 g/mol. The summed E-state index contributed by atoms with van der Waals surface area (Å²) in [6.07, 6.45) is 8.58. The van der Waals surface area contributed by atoms with Gasteiger partial charge >= 0.3 is 5.69 Å². The Morgan fingerprint density at radius 1 is 1.17 bits per heavy atom. The molecule has 0 N–H and O–H groups in total. The zero-order chi connectivity index (χ0) is 16.3. The number of likely N-dealkylation sites (tertiary alicyclic amines) is 1. The Morgan fingerprint density at radius 2 is 1.87 bits per heavy atom. The van der Waals surface area contributed by atoms with E-state index in [-0.39, 0.29) is 16.0 Å². The molecule has 5 heteroatoms. The number of hydrogen-bond donors (Lipinski definition) is 0. The molecule has 0 unspecified atom stereocenters. The quantitative estimate of drug-likeness (QED) is 0.610. The smallest absolute Gasteiger partial charge is 0.311 e. The molecule has 5 nitrogen and oxygen atoms in total. The van der Waals surface area contributed by atoms with Crippen LogP contribution in [0.3, 0.4) is 0 Å². The number of hydrogen-bond acceptors (Lipinski definition) is 4. The highest BCUT2D eigenvalue weighted by molar-refractivity contribution is 5.50. The number of nitro benzene ring substituents is 1. The molecule has 1 aromatic carbocycles. The van der Waals surface area contributed by atoms with E-state index in [1.165, 1.54) is 52.3 Å². The zero-order valence-corrected chi connectivity index (χ0v) is 13.9. The summed E-state index contributed by atoms with van der Waals surface area (Å²) in [5, 5.41) is 11.4. The highest BCUT2D eigenvalue weighted by atomic mass is 16.6. The van der Waals surface area contributed by atoms with Crippen molar-refractivity contribution in [1.29, 1.82) is 0 Å². The molecule has 1 saturated heterocycles. The molecule has 1 heterocycles. The Kier molecular flexibility index (Phi) is 4.85. The van der Waals surface area contributed by atoms with Gasteiger partial charge in [-0.1, -0.05) is 25.3 Å². The second-order valence-electron chi connectivity index (χ2n) is 6.97. The lowest BCUT2D eigenvalue weighted by Crippen LogP contribution is -2.41. The maximum absolute atomic E-state index is 11.4. The molecule has 2 fully saturated rings. The SMILES string of the molecule is COc1ccc(C2(CN3CCCCC3)CCCC2)cc1[N+](=O)[O-]. The van der Waals surface area contributed by atoms with Gasteiger partial charge in [-0.3, -0.25) is 10.1 Å².